The van der Waals surface area contributed by atoms with Gasteiger partial charge in [0, 0.05) is 45.4 Å². The highest BCUT2D eigenvalue weighted by Gasteiger charge is 2.21. The second-order valence-electron chi connectivity index (χ2n) is 8.51. The van der Waals surface area contributed by atoms with Crippen molar-refractivity contribution < 1.29 is 19.4 Å². The lowest BCUT2D eigenvalue weighted by Gasteiger charge is -2.34. The Morgan fingerprint density at radius 3 is 2.46 bits per heavy atom. The van der Waals surface area contributed by atoms with Crippen LogP contribution in [-0.4, -0.2) is 83.8 Å². The van der Waals surface area contributed by atoms with Crippen molar-refractivity contribution in [3.8, 4) is 34.0 Å². The van der Waals surface area contributed by atoms with E-state index in [1.807, 2.05) is 17.0 Å². The third-order valence-corrected chi connectivity index (χ3v) is 6.10. The van der Waals surface area contributed by atoms with Crippen LogP contribution >= 0.6 is 0 Å². The van der Waals surface area contributed by atoms with Crippen LogP contribution in [0.1, 0.15) is 5.56 Å². The van der Waals surface area contributed by atoms with Gasteiger partial charge in [-0.25, -0.2) is 4.79 Å². The predicted octanol–water partition coefficient (Wildman–Crippen LogP) is 2.29. The minimum Gasteiger partial charge on any atom is -0.508 e. The van der Waals surface area contributed by atoms with Crippen molar-refractivity contribution in [1.29, 1.82) is 0 Å². The largest absolute Gasteiger partial charge is 0.508 e. The van der Waals surface area contributed by atoms with Crippen LogP contribution in [0.2, 0.25) is 0 Å². The van der Waals surface area contributed by atoms with Gasteiger partial charge in [0.05, 0.1) is 18.0 Å². The maximum Gasteiger partial charge on any atom is 0.345 e. The van der Waals surface area contributed by atoms with Gasteiger partial charge in [-0.2, -0.15) is 4.98 Å². The van der Waals surface area contributed by atoms with E-state index in [1.165, 1.54) is 0 Å². The molecule has 0 unspecified atom stereocenters. The third-order valence-electron chi connectivity index (χ3n) is 6.10. The molecular weight excluding hydrogens is 448 g/mol. The molecule has 1 aliphatic rings. The highest BCUT2D eigenvalue weighted by Crippen LogP contribution is 2.26. The zero-order valence-corrected chi connectivity index (χ0v) is 20.0. The van der Waals surface area contributed by atoms with Crippen LogP contribution in [0, 0.1) is 6.92 Å². The number of nitrogens with one attached hydrogen (secondary N) is 1. The number of phenols is 1. The van der Waals surface area contributed by atoms with E-state index in [1.54, 1.807) is 50.4 Å². The monoisotopic (exact) mass is 478 g/mol. The van der Waals surface area contributed by atoms with E-state index in [-0.39, 0.29) is 18.3 Å². The number of aromatic hydroxyl groups is 1. The molecule has 1 aromatic heterocycles. The summed E-state index contributed by atoms with van der Waals surface area (Å²) in [6, 6.07) is 14.1. The van der Waals surface area contributed by atoms with Crippen LogP contribution in [-0.2, 0) is 9.53 Å². The number of carbonyl (C=O) groups excluding carboxylic acids is 1. The Kier molecular flexibility index (Phi) is 7.79. The molecule has 184 valence electrons. The van der Waals surface area contributed by atoms with Crippen molar-refractivity contribution in [2.75, 3.05) is 53.0 Å². The lowest BCUT2D eigenvalue weighted by Crippen LogP contribution is -2.50. The van der Waals surface area contributed by atoms with Gasteiger partial charge < -0.3 is 24.5 Å². The fraction of sp³-hybridized carbons (Fsp3) is 0.346. The first-order valence-corrected chi connectivity index (χ1v) is 11.6. The number of phenolic OH excluding ortho intramolecular Hbond substituents is 1. The predicted molar refractivity (Wildman–Crippen MR) is 133 cm³/mol. The van der Waals surface area contributed by atoms with Crippen molar-refractivity contribution in [2.45, 2.75) is 6.92 Å². The third kappa shape index (κ3) is 6.26. The first-order chi connectivity index (χ1) is 16.9. The van der Waals surface area contributed by atoms with Gasteiger partial charge in [-0.15, -0.1) is 0 Å². The normalized spacial score (nSPS) is 14.2. The summed E-state index contributed by atoms with van der Waals surface area (Å²) >= 11 is 0. The molecule has 1 fully saturated rings. The average molecular weight is 479 g/mol. The SMILES string of the molecule is COCCN1CCN(C(=O)COc2ccc(-c3cc(-c4ccc(O)c(C)c4)nc(=O)[nH]3)cc2)CC1. The Morgan fingerprint density at radius 1 is 1.06 bits per heavy atom. The summed E-state index contributed by atoms with van der Waals surface area (Å²) in [5.41, 5.74) is 2.89. The van der Waals surface area contributed by atoms with Crippen LogP contribution in [0.5, 0.6) is 11.5 Å². The molecule has 1 saturated heterocycles. The second-order valence-corrected chi connectivity index (χ2v) is 8.51. The maximum absolute atomic E-state index is 12.5. The van der Waals surface area contributed by atoms with Gasteiger partial charge >= 0.3 is 5.69 Å². The van der Waals surface area contributed by atoms with Gasteiger partial charge in [-0.05, 0) is 66.6 Å². The topological polar surface area (TPSA) is 108 Å². The number of carbonyl (C=O) groups is 1. The minimum absolute atomic E-state index is 0.0200. The number of aryl methyl sites for hydroxylation is 1. The van der Waals surface area contributed by atoms with E-state index in [2.05, 4.69) is 14.9 Å². The number of nitrogens with zero attached hydrogens (tertiary/aromatic N) is 3. The Balaban J connectivity index is 1.37. The summed E-state index contributed by atoms with van der Waals surface area (Å²) in [7, 11) is 1.69. The van der Waals surface area contributed by atoms with Crippen LogP contribution < -0.4 is 10.4 Å². The summed E-state index contributed by atoms with van der Waals surface area (Å²) in [4.78, 5) is 35.6. The Morgan fingerprint density at radius 2 is 1.77 bits per heavy atom. The van der Waals surface area contributed by atoms with E-state index < -0.39 is 5.69 Å². The van der Waals surface area contributed by atoms with Crippen molar-refractivity contribution in [1.82, 2.24) is 19.8 Å². The molecule has 9 heteroatoms. The van der Waals surface area contributed by atoms with E-state index in [0.29, 0.717) is 42.4 Å². The first-order valence-electron chi connectivity index (χ1n) is 11.6. The van der Waals surface area contributed by atoms with Gasteiger partial charge in [-0.1, -0.05) is 0 Å². The zero-order chi connectivity index (χ0) is 24.8. The van der Waals surface area contributed by atoms with E-state index in [4.69, 9.17) is 9.47 Å². The van der Waals surface area contributed by atoms with E-state index in [0.717, 1.165) is 30.8 Å². The molecule has 4 rings (SSSR count). The number of hydrogen-bond acceptors (Lipinski definition) is 7. The Bertz CT molecular complexity index is 1220. The van der Waals surface area contributed by atoms with Crippen LogP contribution in [0.4, 0.5) is 0 Å². The van der Waals surface area contributed by atoms with Crippen LogP contribution in [0.15, 0.2) is 53.3 Å². The lowest BCUT2D eigenvalue weighted by molar-refractivity contribution is -0.135. The van der Waals surface area contributed by atoms with Gasteiger partial charge in [0.1, 0.15) is 11.5 Å². The molecule has 0 saturated carbocycles. The zero-order valence-electron chi connectivity index (χ0n) is 20.0. The molecule has 2 N–H and O–H groups in total. The number of methoxy groups -OCH3 is 1. The number of aromatic amines is 1. The lowest BCUT2D eigenvalue weighted by atomic mass is 10.1. The molecule has 0 atom stereocenters. The van der Waals surface area contributed by atoms with E-state index in [9.17, 15) is 14.7 Å². The van der Waals surface area contributed by atoms with Crippen LogP contribution in [0.3, 0.4) is 0 Å². The number of hydrogen-bond donors (Lipinski definition) is 2. The molecule has 1 amide bonds. The average Bonchev–Trinajstić information content (AvgIpc) is 2.88. The highest BCUT2D eigenvalue weighted by atomic mass is 16.5. The molecule has 0 aliphatic carbocycles. The summed E-state index contributed by atoms with van der Waals surface area (Å²) in [6.07, 6.45) is 0. The first kappa shape index (κ1) is 24.4. The van der Waals surface area contributed by atoms with Gasteiger partial charge in [0.2, 0.25) is 0 Å². The molecule has 0 radical (unpaired) electrons. The molecule has 35 heavy (non-hydrogen) atoms. The van der Waals surface area contributed by atoms with Gasteiger partial charge in [0.15, 0.2) is 6.61 Å². The number of ether oxygens (including phenoxy) is 2. The summed E-state index contributed by atoms with van der Waals surface area (Å²) in [6.45, 7) is 6.37. The summed E-state index contributed by atoms with van der Waals surface area (Å²) in [5.74, 6) is 0.733. The second kappa shape index (κ2) is 11.2. The molecule has 2 heterocycles. The van der Waals surface area contributed by atoms with Gasteiger partial charge in [-0.3, -0.25) is 9.69 Å². The standard InChI is InChI=1S/C26H30N4O5/c1-18-15-20(5-8-24(18)31)23-16-22(27-26(33)28-23)19-3-6-21(7-4-19)35-17-25(32)30-11-9-29(10-12-30)13-14-34-2/h3-8,15-16,31H,9-14,17H2,1-2H3,(H,27,28,33). The van der Waals surface area contributed by atoms with Crippen molar-refractivity contribution in [2.24, 2.45) is 0 Å². The molecule has 0 spiro atoms. The molecule has 0 bridgehead atoms. The fourth-order valence-corrected chi connectivity index (χ4v) is 3.98. The van der Waals surface area contributed by atoms with Gasteiger partial charge in [0.25, 0.3) is 5.91 Å². The minimum atomic E-state index is -0.462. The molecule has 2 aromatic carbocycles. The number of H-pyrrole nitrogens is 1. The number of rotatable bonds is 8. The quantitative estimate of drug-likeness (QED) is 0.511. The maximum atomic E-state index is 12.5. The Labute approximate surface area is 203 Å². The smallest absolute Gasteiger partial charge is 0.345 e. The number of aromatic nitrogens is 2. The molecule has 1 aliphatic heterocycles. The fourth-order valence-electron chi connectivity index (χ4n) is 3.98. The Hall–Kier alpha value is -3.69. The molecular formula is C26H30N4O5. The number of piperazine rings is 1. The molecule has 9 nitrogen and oxygen atoms in total. The number of amides is 1. The van der Waals surface area contributed by atoms with Crippen molar-refractivity contribution in [3.05, 3.63) is 64.6 Å². The van der Waals surface area contributed by atoms with Crippen molar-refractivity contribution >= 4 is 5.91 Å². The highest BCUT2D eigenvalue weighted by molar-refractivity contribution is 5.78. The summed E-state index contributed by atoms with van der Waals surface area (Å²) in [5, 5.41) is 9.76. The summed E-state index contributed by atoms with van der Waals surface area (Å²) < 4.78 is 10.8. The van der Waals surface area contributed by atoms with Crippen LogP contribution in [0.25, 0.3) is 22.5 Å². The van der Waals surface area contributed by atoms with E-state index >= 15 is 0 Å². The van der Waals surface area contributed by atoms with Crippen molar-refractivity contribution in [3.63, 3.8) is 0 Å². The molecule has 3 aromatic rings. The number of benzene rings is 2.